The number of rotatable bonds is 6. The molecule has 1 atom stereocenters. The Bertz CT molecular complexity index is 898. The molecule has 0 amide bonds. The Labute approximate surface area is 165 Å². The SMILES string of the molecule is COCCCC1=C(C(=O)OC)C(c2ccc(F)cc2C(F)(F)F)C(C#N)=C(C)N1. The molecule has 0 radical (unpaired) electrons. The average Bonchev–Trinajstić information content (AvgIpc) is 2.66. The van der Waals surface area contributed by atoms with Crippen LogP contribution in [0, 0.1) is 17.1 Å². The molecule has 1 aliphatic rings. The summed E-state index contributed by atoms with van der Waals surface area (Å²) in [5, 5.41) is 12.6. The van der Waals surface area contributed by atoms with Gasteiger partial charge in [-0.15, -0.1) is 0 Å². The van der Waals surface area contributed by atoms with Crippen LogP contribution in [0.25, 0.3) is 0 Å². The number of hydrogen-bond acceptors (Lipinski definition) is 5. The fraction of sp³-hybridized carbons (Fsp3) is 0.400. The molecule has 1 aromatic rings. The third-order valence-corrected chi connectivity index (χ3v) is 4.58. The van der Waals surface area contributed by atoms with E-state index in [1.807, 2.05) is 6.07 Å². The van der Waals surface area contributed by atoms with Crippen LogP contribution in [0.4, 0.5) is 17.6 Å². The minimum absolute atomic E-state index is 0.0713. The largest absolute Gasteiger partial charge is 0.466 e. The van der Waals surface area contributed by atoms with Gasteiger partial charge in [0.05, 0.1) is 35.8 Å². The first-order valence-electron chi connectivity index (χ1n) is 8.70. The van der Waals surface area contributed by atoms with Crippen LogP contribution in [-0.4, -0.2) is 26.8 Å². The van der Waals surface area contributed by atoms with Gasteiger partial charge in [-0.1, -0.05) is 6.07 Å². The molecule has 5 nitrogen and oxygen atoms in total. The molecule has 9 heteroatoms. The number of hydrogen-bond donors (Lipinski definition) is 1. The minimum Gasteiger partial charge on any atom is -0.466 e. The van der Waals surface area contributed by atoms with Crippen molar-refractivity contribution in [2.75, 3.05) is 20.8 Å². The molecule has 1 aromatic carbocycles. The van der Waals surface area contributed by atoms with Crippen molar-refractivity contribution in [3.8, 4) is 6.07 Å². The van der Waals surface area contributed by atoms with Crippen molar-refractivity contribution in [2.24, 2.45) is 0 Å². The van der Waals surface area contributed by atoms with E-state index in [1.54, 1.807) is 0 Å². The highest BCUT2D eigenvalue weighted by Crippen LogP contribution is 2.44. The number of nitrogens with zero attached hydrogens (tertiary/aromatic N) is 1. The van der Waals surface area contributed by atoms with E-state index in [0.717, 1.165) is 19.2 Å². The molecule has 2 rings (SSSR count). The lowest BCUT2D eigenvalue weighted by molar-refractivity contribution is -0.139. The summed E-state index contributed by atoms with van der Waals surface area (Å²) in [6, 6.07) is 4.07. The lowest BCUT2D eigenvalue weighted by Crippen LogP contribution is -2.30. The van der Waals surface area contributed by atoms with E-state index in [4.69, 9.17) is 9.47 Å². The van der Waals surface area contributed by atoms with E-state index >= 15 is 0 Å². The van der Waals surface area contributed by atoms with Gasteiger partial charge in [0.15, 0.2) is 0 Å². The number of nitrogens with one attached hydrogen (secondary N) is 1. The first kappa shape index (κ1) is 22.4. The highest BCUT2D eigenvalue weighted by molar-refractivity contribution is 5.93. The van der Waals surface area contributed by atoms with E-state index in [-0.39, 0.29) is 23.1 Å². The molecule has 0 aliphatic carbocycles. The van der Waals surface area contributed by atoms with Gasteiger partial charge in [0.25, 0.3) is 0 Å². The highest BCUT2D eigenvalue weighted by Gasteiger charge is 2.41. The number of halogens is 4. The number of allylic oxidation sites excluding steroid dienone is 3. The van der Waals surface area contributed by atoms with Crippen molar-refractivity contribution in [1.82, 2.24) is 5.32 Å². The quantitative estimate of drug-likeness (QED) is 0.431. The number of methoxy groups -OCH3 is 2. The number of ether oxygens (including phenoxy) is 2. The van der Waals surface area contributed by atoms with Crippen LogP contribution in [0.3, 0.4) is 0 Å². The molecule has 1 aliphatic heterocycles. The first-order valence-corrected chi connectivity index (χ1v) is 8.70. The Morgan fingerprint density at radius 1 is 1.31 bits per heavy atom. The van der Waals surface area contributed by atoms with E-state index in [2.05, 4.69) is 5.32 Å². The smallest absolute Gasteiger partial charge is 0.416 e. The van der Waals surface area contributed by atoms with Crippen LogP contribution in [0.5, 0.6) is 0 Å². The molecule has 1 heterocycles. The molecule has 1 unspecified atom stereocenters. The number of alkyl halides is 3. The van der Waals surface area contributed by atoms with Crippen LogP contribution < -0.4 is 5.32 Å². The summed E-state index contributed by atoms with van der Waals surface area (Å²) in [6.45, 7) is 1.90. The molecule has 0 fully saturated rings. The Balaban J connectivity index is 2.77. The van der Waals surface area contributed by atoms with Crippen molar-refractivity contribution < 1.29 is 31.8 Å². The van der Waals surface area contributed by atoms with E-state index in [1.165, 1.54) is 14.0 Å². The zero-order valence-electron chi connectivity index (χ0n) is 16.1. The van der Waals surface area contributed by atoms with E-state index in [0.29, 0.717) is 30.5 Å². The number of esters is 1. The van der Waals surface area contributed by atoms with Gasteiger partial charge in [-0.3, -0.25) is 0 Å². The molecular weight excluding hydrogens is 392 g/mol. The van der Waals surface area contributed by atoms with Crippen LogP contribution in [0.15, 0.2) is 40.7 Å². The van der Waals surface area contributed by atoms with Gasteiger partial charge in [-0.2, -0.15) is 18.4 Å². The first-order chi connectivity index (χ1) is 13.6. The zero-order valence-corrected chi connectivity index (χ0v) is 16.1. The van der Waals surface area contributed by atoms with Gasteiger partial charge in [-0.25, -0.2) is 9.18 Å². The number of dihydropyridines is 1. The number of benzene rings is 1. The number of nitriles is 1. The second-order valence-corrected chi connectivity index (χ2v) is 6.42. The Morgan fingerprint density at radius 2 is 2.00 bits per heavy atom. The summed E-state index contributed by atoms with van der Waals surface area (Å²) in [7, 11) is 2.60. The van der Waals surface area contributed by atoms with Crippen LogP contribution in [-0.2, 0) is 20.4 Å². The third kappa shape index (κ3) is 4.77. The van der Waals surface area contributed by atoms with Crippen molar-refractivity contribution in [3.63, 3.8) is 0 Å². The fourth-order valence-electron chi connectivity index (χ4n) is 3.32. The van der Waals surface area contributed by atoms with E-state index in [9.17, 15) is 27.6 Å². The molecule has 0 aromatic heterocycles. The fourth-order valence-corrected chi connectivity index (χ4v) is 3.32. The van der Waals surface area contributed by atoms with Gasteiger partial charge in [0, 0.05) is 25.1 Å². The van der Waals surface area contributed by atoms with E-state index < -0.39 is 29.4 Å². The number of carbonyl (C=O) groups excluding carboxylic acids is 1. The van der Waals surface area contributed by atoms with Gasteiger partial charge < -0.3 is 14.8 Å². The normalized spacial score (nSPS) is 17.1. The predicted molar refractivity (Wildman–Crippen MR) is 95.7 cm³/mol. The molecule has 0 spiro atoms. The van der Waals surface area contributed by atoms with Gasteiger partial charge in [-0.05, 0) is 37.5 Å². The summed E-state index contributed by atoms with van der Waals surface area (Å²) in [4.78, 5) is 12.6. The van der Waals surface area contributed by atoms with Crippen molar-refractivity contribution in [2.45, 2.75) is 31.9 Å². The molecule has 156 valence electrons. The molecular formula is C20H20F4N2O3. The molecule has 0 saturated heterocycles. The lowest BCUT2D eigenvalue weighted by Gasteiger charge is -2.31. The van der Waals surface area contributed by atoms with Crippen LogP contribution in [0.2, 0.25) is 0 Å². The highest BCUT2D eigenvalue weighted by atomic mass is 19.4. The summed E-state index contributed by atoms with van der Waals surface area (Å²) in [5.74, 6) is -3.28. The lowest BCUT2D eigenvalue weighted by atomic mass is 9.78. The summed E-state index contributed by atoms with van der Waals surface area (Å²) in [5.41, 5.74) is -1.16. The van der Waals surface area contributed by atoms with Crippen molar-refractivity contribution in [3.05, 3.63) is 57.7 Å². The van der Waals surface area contributed by atoms with Crippen LogP contribution >= 0.6 is 0 Å². The predicted octanol–water partition coefficient (Wildman–Crippen LogP) is 4.18. The Kier molecular flexibility index (Phi) is 7.03. The monoisotopic (exact) mass is 412 g/mol. The van der Waals surface area contributed by atoms with Crippen molar-refractivity contribution in [1.29, 1.82) is 5.26 Å². The standard InChI is InChI=1S/C20H20F4N2O3/c1-11-14(10-25)17(13-7-6-12(21)9-15(13)20(22,23)24)18(19(27)29-3)16(26-11)5-4-8-28-2/h6-7,9,17,26H,4-5,8H2,1-3H3. The summed E-state index contributed by atoms with van der Waals surface area (Å²) < 4.78 is 64.3. The molecule has 0 saturated carbocycles. The van der Waals surface area contributed by atoms with Crippen LogP contribution in [0.1, 0.15) is 36.8 Å². The summed E-state index contributed by atoms with van der Waals surface area (Å²) >= 11 is 0. The van der Waals surface area contributed by atoms with Gasteiger partial charge in [0.1, 0.15) is 5.82 Å². The van der Waals surface area contributed by atoms with Crippen molar-refractivity contribution >= 4 is 5.97 Å². The maximum atomic E-state index is 13.6. The third-order valence-electron chi connectivity index (χ3n) is 4.58. The number of carbonyl (C=O) groups is 1. The molecule has 1 N–H and O–H groups in total. The zero-order chi connectivity index (χ0) is 21.8. The molecule has 29 heavy (non-hydrogen) atoms. The minimum atomic E-state index is -4.88. The van der Waals surface area contributed by atoms with Gasteiger partial charge in [0.2, 0.25) is 0 Å². The Morgan fingerprint density at radius 3 is 2.55 bits per heavy atom. The maximum Gasteiger partial charge on any atom is 0.416 e. The second-order valence-electron chi connectivity index (χ2n) is 6.42. The summed E-state index contributed by atoms with van der Waals surface area (Å²) in [6.07, 6.45) is -4.11. The Hall–Kier alpha value is -2.86. The van der Waals surface area contributed by atoms with Gasteiger partial charge >= 0.3 is 12.1 Å². The molecule has 0 bridgehead atoms. The topological polar surface area (TPSA) is 71.3 Å². The second kappa shape index (κ2) is 9.09. The average molecular weight is 412 g/mol. The maximum absolute atomic E-state index is 13.6.